The fourth-order valence-corrected chi connectivity index (χ4v) is 7.60. The summed E-state index contributed by atoms with van der Waals surface area (Å²) >= 11 is 0. The molecule has 0 N–H and O–H groups in total. The van der Waals surface area contributed by atoms with Gasteiger partial charge in [0.05, 0.1) is 5.52 Å². The van der Waals surface area contributed by atoms with Crippen LogP contribution in [0.15, 0.2) is 146 Å². The van der Waals surface area contributed by atoms with Crippen LogP contribution in [0.5, 0.6) is 0 Å². The molecule has 0 aliphatic carbocycles. The van der Waals surface area contributed by atoms with Crippen LogP contribution < -0.4 is 0 Å². The second-order valence-electron chi connectivity index (χ2n) is 12.3. The number of hydrogen-bond donors (Lipinski definition) is 0. The molecular weight excluding hydrogens is 530 g/mol. The van der Waals surface area contributed by atoms with Crippen molar-refractivity contribution in [1.82, 2.24) is 4.57 Å². The van der Waals surface area contributed by atoms with Gasteiger partial charge in [0, 0.05) is 27.7 Å². The van der Waals surface area contributed by atoms with Crippen LogP contribution in [0.3, 0.4) is 0 Å². The Hall–Kier alpha value is -5.40. The Balaban J connectivity index is 1.38. The third-order valence-electron chi connectivity index (χ3n) is 9.46. The summed E-state index contributed by atoms with van der Waals surface area (Å²) in [6.07, 6.45) is 0. The highest BCUT2D eigenvalue weighted by atomic mass is 15.0. The number of benzene rings is 8. The zero-order valence-corrected chi connectivity index (χ0v) is 24.9. The molecular formula is C43H31N. The van der Waals surface area contributed by atoms with E-state index in [0.29, 0.717) is 6.04 Å². The fraction of sp³-hybridized carbons (Fsp3) is 0.0698. The molecule has 44 heavy (non-hydrogen) atoms. The Bertz CT molecular complexity index is 2520. The van der Waals surface area contributed by atoms with Gasteiger partial charge in [0.25, 0.3) is 0 Å². The van der Waals surface area contributed by atoms with Crippen molar-refractivity contribution in [2.24, 2.45) is 0 Å². The molecule has 0 saturated carbocycles. The molecule has 0 bridgehead atoms. The van der Waals surface area contributed by atoms with Crippen molar-refractivity contribution >= 4 is 64.9 Å². The lowest BCUT2D eigenvalue weighted by Gasteiger charge is -2.18. The Kier molecular flexibility index (Phi) is 5.46. The third kappa shape index (κ3) is 3.59. The molecule has 0 amide bonds. The van der Waals surface area contributed by atoms with Gasteiger partial charge in [0.1, 0.15) is 0 Å². The molecule has 1 heterocycles. The molecule has 0 aliphatic rings. The molecule has 0 saturated heterocycles. The first-order chi connectivity index (χ1) is 21.7. The van der Waals surface area contributed by atoms with E-state index in [9.17, 15) is 0 Å². The summed E-state index contributed by atoms with van der Waals surface area (Å²) in [4.78, 5) is 0. The predicted octanol–water partition coefficient (Wildman–Crippen LogP) is 12.3. The lowest BCUT2D eigenvalue weighted by atomic mass is 9.85. The summed E-state index contributed by atoms with van der Waals surface area (Å²) in [7, 11) is 0. The molecule has 1 aromatic heterocycles. The molecule has 1 nitrogen and oxygen atoms in total. The van der Waals surface area contributed by atoms with Crippen LogP contribution in [0.1, 0.15) is 19.9 Å². The van der Waals surface area contributed by atoms with Gasteiger partial charge in [0.2, 0.25) is 0 Å². The summed E-state index contributed by atoms with van der Waals surface area (Å²) in [6.45, 7) is 4.59. The van der Waals surface area contributed by atoms with Crippen LogP contribution in [0, 0.1) is 0 Å². The summed E-state index contributed by atoms with van der Waals surface area (Å²) in [5, 5.41) is 12.9. The van der Waals surface area contributed by atoms with Crippen LogP contribution in [-0.4, -0.2) is 4.57 Å². The molecule has 9 aromatic rings. The molecule has 0 fully saturated rings. The minimum atomic E-state index is 0.342. The smallest absolute Gasteiger partial charge is 0.0573 e. The van der Waals surface area contributed by atoms with Gasteiger partial charge >= 0.3 is 0 Å². The first-order valence-corrected chi connectivity index (χ1v) is 15.6. The van der Waals surface area contributed by atoms with E-state index in [1.54, 1.807) is 0 Å². The normalized spacial score (nSPS) is 12.1. The average Bonchev–Trinajstić information content (AvgIpc) is 3.41. The third-order valence-corrected chi connectivity index (χ3v) is 9.46. The van der Waals surface area contributed by atoms with Crippen molar-refractivity contribution in [2.75, 3.05) is 0 Å². The summed E-state index contributed by atoms with van der Waals surface area (Å²) < 4.78 is 2.52. The number of nitrogens with zero attached hydrogens (tertiary/aromatic N) is 1. The van der Waals surface area contributed by atoms with E-state index < -0.39 is 0 Å². The second-order valence-corrected chi connectivity index (χ2v) is 12.3. The van der Waals surface area contributed by atoms with Gasteiger partial charge in [-0.2, -0.15) is 0 Å². The topological polar surface area (TPSA) is 4.93 Å². The quantitative estimate of drug-likeness (QED) is 0.189. The molecule has 9 rings (SSSR count). The predicted molar refractivity (Wildman–Crippen MR) is 191 cm³/mol. The molecule has 0 atom stereocenters. The maximum atomic E-state index is 2.52. The summed E-state index contributed by atoms with van der Waals surface area (Å²) in [6, 6.07) is 54.3. The van der Waals surface area contributed by atoms with Crippen molar-refractivity contribution in [3.8, 4) is 22.3 Å². The van der Waals surface area contributed by atoms with Gasteiger partial charge in [-0.1, -0.05) is 127 Å². The number of aromatic nitrogens is 1. The van der Waals surface area contributed by atoms with Gasteiger partial charge in [-0.05, 0) is 92.0 Å². The Morgan fingerprint density at radius 3 is 1.52 bits per heavy atom. The van der Waals surface area contributed by atoms with Crippen molar-refractivity contribution in [3.05, 3.63) is 146 Å². The van der Waals surface area contributed by atoms with E-state index >= 15 is 0 Å². The zero-order chi connectivity index (χ0) is 29.4. The van der Waals surface area contributed by atoms with Gasteiger partial charge in [-0.15, -0.1) is 0 Å². The average molecular weight is 562 g/mol. The molecule has 1 heteroatoms. The highest BCUT2D eigenvalue weighted by Gasteiger charge is 2.20. The van der Waals surface area contributed by atoms with Gasteiger partial charge in [0.15, 0.2) is 0 Å². The zero-order valence-electron chi connectivity index (χ0n) is 24.9. The van der Waals surface area contributed by atoms with Crippen LogP contribution in [0.25, 0.3) is 87.1 Å². The first-order valence-electron chi connectivity index (χ1n) is 15.6. The highest BCUT2D eigenvalue weighted by molar-refractivity contribution is 6.23. The maximum absolute atomic E-state index is 2.52. The van der Waals surface area contributed by atoms with Crippen molar-refractivity contribution in [2.45, 2.75) is 19.9 Å². The van der Waals surface area contributed by atoms with Crippen molar-refractivity contribution < 1.29 is 0 Å². The molecule has 0 unspecified atom stereocenters. The Labute approximate surface area is 256 Å². The van der Waals surface area contributed by atoms with Gasteiger partial charge in [-0.25, -0.2) is 0 Å². The minimum absolute atomic E-state index is 0.342. The van der Waals surface area contributed by atoms with E-state index in [1.165, 1.54) is 87.1 Å². The van der Waals surface area contributed by atoms with Crippen LogP contribution in [0.2, 0.25) is 0 Å². The molecule has 8 aromatic carbocycles. The van der Waals surface area contributed by atoms with E-state index in [-0.39, 0.29) is 0 Å². The van der Waals surface area contributed by atoms with Gasteiger partial charge in [-0.3, -0.25) is 0 Å². The number of fused-ring (bicyclic) bond motifs is 8. The van der Waals surface area contributed by atoms with Crippen molar-refractivity contribution in [3.63, 3.8) is 0 Å². The van der Waals surface area contributed by atoms with Crippen molar-refractivity contribution in [1.29, 1.82) is 0 Å². The lowest BCUT2D eigenvalue weighted by molar-refractivity contribution is 0.643. The lowest BCUT2D eigenvalue weighted by Crippen LogP contribution is -2.00. The SMILES string of the molecule is CC(C)n1c2ccc(-c3c4ccccc4c(-c4ccc5ccccc5c4)c4ccccc34)cc2c2ccc3ccccc3c21. The van der Waals surface area contributed by atoms with E-state index in [4.69, 9.17) is 0 Å². The Morgan fingerprint density at radius 1 is 0.386 bits per heavy atom. The maximum Gasteiger partial charge on any atom is 0.0573 e. The highest BCUT2D eigenvalue weighted by Crippen LogP contribution is 2.45. The molecule has 0 radical (unpaired) electrons. The van der Waals surface area contributed by atoms with Crippen LogP contribution in [0.4, 0.5) is 0 Å². The summed E-state index contributed by atoms with van der Waals surface area (Å²) in [5.74, 6) is 0. The van der Waals surface area contributed by atoms with E-state index in [0.717, 1.165) is 0 Å². The monoisotopic (exact) mass is 561 g/mol. The fourth-order valence-electron chi connectivity index (χ4n) is 7.60. The first kappa shape index (κ1) is 25.1. The second kappa shape index (κ2) is 9.56. The minimum Gasteiger partial charge on any atom is -0.337 e. The number of hydrogen-bond acceptors (Lipinski definition) is 0. The van der Waals surface area contributed by atoms with E-state index in [2.05, 4.69) is 164 Å². The molecule has 208 valence electrons. The largest absolute Gasteiger partial charge is 0.337 e. The van der Waals surface area contributed by atoms with Gasteiger partial charge < -0.3 is 4.57 Å². The Morgan fingerprint density at radius 2 is 0.886 bits per heavy atom. The number of rotatable bonds is 3. The molecule has 0 aliphatic heterocycles. The molecule has 0 spiro atoms. The summed E-state index contributed by atoms with van der Waals surface area (Å²) in [5.41, 5.74) is 7.72. The van der Waals surface area contributed by atoms with E-state index in [1.807, 2.05) is 0 Å². The van der Waals surface area contributed by atoms with Crippen LogP contribution in [-0.2, 0) is 0 Å². The van der Waals surface area contributed by atoms with Crippen LogP contribution >= 0.6 is 0 Å². The standard InChI is InChI=1S/C43H31N/c1-27(2)44-40-24-22-32(26-39(40)38-23-21-29-12-5-6-14-33(29)43(38)44)42-36-17-9-7-15-34(36)41(35-16-8-10-18-37(35)42)31-20-19-28-11-3-4-13-30(28)25-31/h3-27H,1-2H3.